The number of nitrogen functional groups attached to an aromatic ring is 1. The molecule has 9 heteroatoms. The summed E-state index contributed by atoms with van der Waals surface area (Å²) in [6, 6.07) is 12.2. The minimum atomic E-state index is -0.877. The Morgan fingerprint density at radius 3 is 2.73 bits per heavy atom. The molecule has 0 spiro atoms. The number of primary amides is 1. The van der Waals surface area contributed by atoms with Crippen molar-refractivity contribution in [2.45, 2.75) is 44.8 Å². The smallest absolute Gasteiger partial charge is 0.397 e. The Labute approximate surface area is 197 Å². The van der Waals surface area contributed by atoms with Gasteiger partial charge < -0.3 is 31.5 Å². The fraction of sp³-hybridized carbons (Fsp3) is 0.417. The highest BCUT2D eigenvalue weighted by Gasteiger charge is 2.24. The number of carbonyl (C=O) groups excluding carboxylic acids is 1. The van der Waals surface area contributed by atoms with Crippen molar-refractivity contribution in [3.63, 3.8) is 0 Å². The van der Waals surface area contributed by atoms with Crippen LogP contribution in [0.1, 0.15) is 43.4 Å². The third kappa shape index (κ3) is 5.38. The van der Waals surface area contributed by atoms with Crippen LogP contribution in [0.25, 0.3) is 10.2 Å². The third-order valence-corrected chi connectivity index (χ3v) is 7.03. The summed E-state index contributed by atoms with van der Waals surface area (Å²) < 4.78 is 5.09. The topological polar surface area (TPSA) is 127 Å². The lowest BCUT2D eigenvalue weighted by molar-refractivity contribution is 0.167. The van der Waals surface area contributed by atoms with E-state index in [-0.39, 0.29) is 0 Å². The fourth-order valence-corrected chi connectivity index (χ4v) is 5.34. The first kappa shape index (κ1) is 23.3. The second-order valence-corrected chi connectivity index (χ2v) is 9.35. The van der Waals surface area contributed by atoms with E-state index in [1.165, 1.54) is 11.3 Å². The molecule has 0 unspecified atom stereocenters. The number of aryl methyl sites for hydroxylation is 1. The van der Waals surface area contributed by atoms with E-state index < -0.39 is 12.2 Å². The summed E-state index contributed by atoms with van der Waals surface area (Å²) in [6.07, 6.45) is 2.37. The molecule has 3 heterocycles. The number of fused-ring (bicyclic) bond motifs is 1. The molecule has 4 rings (SSSR count). The molecule has 3 aromatic rings. The molecule has 1 saturated heterocycles. The predicted molar refractivity (Wildman–Crippen MR) is 133 cm³/mol. The molecule has 0 radical (unpaired) electrons. The molecule has 6 N–H and O–H groups in total. The summed E-state index contributed by atoms with van der Waals surface area (Å²) in [6.45, 7) is 4.40. The molecule has 0 saturated carbocycles. The summed E-state index contributed by atoms with van der Waals surface area (Å²) >= 11 is 1.25. The maximum Gasteiger partial charge on any atom is 0.410 e. The van der Waals surface area contributed by atoms with Crippen LogP contribution in [0.3, 0.4) is 0 Å². The van der Waals surface area contributed by atoms with Gasteiger partial charge in [0.15, 0.2) is 0 Å². The van der Waals surface area contributed by atoms with Gasteiger partial charge in [-0.1, -0.05) is 55.0 Å². The van der Waals surface area contributed by atoms with Crippen LogP contribution in [0.15, 0.2) is 36.4 Å². The minimum Gasteiger partial charge on any atom is -0.397 e. The van der Waals surface area contributed by atoms with Crippen molar-refractivity contribution < 1.29 is 14.6 Å². The van der Waals surface area contributed by atoms with E-state index in [9.17, 15) is 9.90 Å². The molecule has 176 valence electrons. The Kier molecular flexibility index (Phi) is 7.32. The Morgan fingerprint density at radius 2 is 2.06 bits per heavy atom. The van der Waals surface area contributed by atoms with Crippen molar-refractivity contribution in [3.05, 3.63) is 47.5 Å². The van der Waals surface area contributed by atoms with Gasteiger partial charge in [-0.3, -0.25) is 0 Å². The molecule has 0 bridgehead atoms. The van der Waals surface area contributed by atoms with Gasteiger partial charge in [-0.15, -0.1) is 0 Å². The number of aromatic nitrogens is 1. The van der Waals surface area contributed by atoms with Crippen LogP contribution < -0.4 is 26.4 Å². The molecule has 2 aromatic heterocycles. The van der Waals surface area contributed by atoms with E-state index in [0.717, 1.165) is 65.9 Å². The van der Waals surface area contributed by atoms with Gasteiger partial charge in [0.2, 0.25) is 5.06 Å². The molecule has 1 aliphatic heterocycles. The quantitative estimate of drug-likeness (QED) is 0.397. The largest absolute Gasteiger partial charge is 0.410 e. The lowest BCUT2D eigenvalue weighted by Crippen LogP contribution is -2.44. The summed E-state index contributed by atoms with van der Waals surface area (Å²) in [7, 11) is 0. The van der Waals surface area contributed by atoms with Gasteiger partial charge in [0.1, 0.15) is 10.6 Å². The number of benzene rings is 1. The molecular formula is C24H31N5O3S. The fourth-order valence-electron chi connectivity index (χ4n) is 4.34. The molecule has 1 atom stereocenters. The molecule has 1 amide bonds. The number of amides is 1. The average molecular weight is 470 g/mol. The lowest BCUT2D eigenvalue weighted by Gasteiger charge is -2.34. The van der Waals surface area contributed by atoms with E-state index in [0.29, 0.717) is 23.3 Å². The lowest BCUT2D eigenvalue weighted by atomic mass is 10.0. The van der Waals surface area contributed by atoms with Gasteiger partial charge >= 0.3 is 6.09 Å². The van der Waals surface area contributed by atoms with Gasteiger partial charge in [0.05, 0.1) is 11.8 Å². The van der Waals surface area contributed by atoms with Crippen molar-refractivity contribution in [2.24, 2.45) is 5.73 Å². The minimum absolute atomic E-state index is 0.305. The number of nitrogens with one attached hydrogen (secondary N) is 1. The van der Waals surface area contributed by atoms with E-state index in [4.69, 9.17) is 21.2 Å². The average Bonchev–Trinajstić information content (AvgIpc) is 3.13. The highest BCUT2D eigenvalue weighted by molar-refractivity contribution is 7.21. The number of aliphatic hydroxyl groups is 1. The Morgan fingerprint density at radius 1 is 1.33 bits per heavy atom. The molecule has 1 aromatic carbocycles. The van der Waals surface area contributed by atoms with Crippen molar-refractivity contribution in [1.82, 2.24) is 10.3 Å². The number of nitrogens with zero attached hydrogens (tertiary/aromatic N) is 2. The number of aliphatic hydroxyl groups excluding tert-OH is 1. The summed E-state index contributed by atoms with van der Waals surface area (Å²) in [5.74, 6) is 0.917. The Bertz CT molecular complexity index is 1100. The highest BCUT2D eigenvalue weighted by atomic mass is 32.1. The van der Waals surface area contributed by atoms with Crippen molar-refractivity contribution in [3.8, 4) is 5.06 Å². The van der Waals surface area contributed by atoms with E-state index in [2.05, 4.69) is 23.2 Å². The van der Waals surface area contributed by atoms with Crippen LogP contribution in [0.4, 0.5) is 16.3 Å². The maximum absolute atomic E-state index is 11.2. The monoisotopic (exact) mass is 469 g/mol. The van der Waals surface area contributed by atoms with Crippen LogP contribution in [-0.4, -0.2) is 41.9 Å². The van der Waals surface area contributed by atoms with Crippen LogP contribution in [0, 0.1) is 0 Å². The first-order valence-corrected chi connectivity index (χ1v) is 12.2. The number of nitrogens with two attached hydrogens (primary N) is 2. The van der Waals surface area contributed by atoms with Crippen LogP contribution in [0.2, 0.25) is 0 Å². The number of rotatable bonds is 8. The van der Waals surface area contributed by atoms with Crippen molar-refractivity contribution >= 4 is 39.2 Å². The van der Waals surface area contributed by atoms with Crippen LogP contribution in [-0.2, 0) is 6.42 Å². The van der Waals surface area contributed by atoms with Gasteiger partial charge in [0, 0.05) is 31.1 Å². The number of carbonyl (C=O) groups is 1. The van der Waals surface area contributed by atoms with Gasteiger partial charge in [-0.25, -0.2) is 9.78 Å². The van der Waals surface area contributed by atoms with Gasteiger partial charge in [0.25, 0.3) is 0 Å². The van der Waals surface area contributed by atoms with Crippen molar-refractivity contribution in [2.75, 3.05) is 30.3 Å². The molecule has 1 fully saturated rings. The van der Waals surface area contributed by atoms with Gasteiger partial charge in [-0.05, 0) is 36.5 Å². The van der Waals surface area contributed by atoms with Crippen LogP contribution in [0.5, 0.6) is 5.06 Å². The number of hydrogen-bond acceptors (Lipinski definition) is 8. The molecule has 0 aliphatic carbocycles. The summed E-state index contributed by atoms with van der Waals surface area (Å²) in [5.41, 5.74) is 13.9. The second kappa shape index (κ2) is 10.4. The van der Waals surface area contributed by atoms with Gasteiger partial charge in [-0.2, -0.15) is 0 Å². The highest BCUT2D eigenvalue weighted by Crippen LogP contribution is 2.42. The third-order valence-electron chi connectivity index (χ3n) is 6.05. The SMILES string of the molecule is CCCc1cc(N2CCC(NC[C@@H](O)c3ccccc3)CC2)nc2sc(OC(N)=O)c(N)c12. The number of piperidine rings is 1. The van der Waals surface area contributed by atoms with E-state index >= 15 is 0 Å². The zero-order chi connectivity index (χ0) is 23.4. The first-order chi connectivity index (χ1) is 16.0. The first-order valence-electron chi connectivity index (χ1n) is 11.4. The van der Waals surface area contributed by atoms with E-state index in [1.807, 2.05) is 30.3 Å². The molecular weight excluding hydrogens is 438 g/mol. The number of pyridine rings is 1. The van der Waals surface area contributed by atoms with E-state index in [1.54, 1.807) is 0 Å². The number of thiophene rings is 1. The zero-order valence-electron chi connectivity index (χ0n) is 18.8. The van der Waals surface area contributed by atoms with Crippen molar-refractivity contribution in [1.29, 1.82) is 0 Å². The summed E-state index contributed by atoms with van der Waals surface area (Å²) in [4.78, 5) is 19.1. The zero-order valence-corrected chi connectivity index (χ0v) is 19.6. The molecule has 1 aliphatic rings. The second-order valence-electron chi connectivity index (χ2n) is 8.39. The number of ether oxygens (including phenoxy) is 1. The van der Waals surface area contributed by atoms with Crippen LogP contribution >= 0.6 is 11.3 Å². The predicted octanol–water partition coefficient (Wildman–Crippen LogP) is 3.58. The summed E-state index contributed by atoms with van der Waals surface area (Å²) in [5, 5.41) is 15.1. The normalized spacial score (nSPS) is 15.6. The number of hydrogen-bond donors (Lipinski definition) is 4. The maximum atomic E-state index is 11.2. The number of anilines is 2. The Balaban J connectivity index is 1.43. The Hall–Kier alpha value is -2.88. The molecule has 8 nitrogen and oxygen atoms in total. The molecule has 33 heavy (non-hydrogen) atoms. The standard InChI is InChI=1S/C24H31N5O3S/c1-2-6-16-13-19(28-22-20(16)21(25)23(33-22)32-24(26)31)29-11-9-17(10-12-29)27-14-18(30)15-7-4-3-5-8-15/h3-5,7-8,13,17-18,27,30H,2,6,9-12,14,25H2,1H3,(H2,26,31)/t18-/m1/s1.